The number of nitrogens with zero attached hydrogens (tertiary/aromatic N) is 3. The van der Waals surface area contributed by atoms with Gasteiger partial charge < -0.3 is 9.84 Å². The minimum atomic E-state index is -3.58. The van der Waals surface area contributed by atoms with Crippen LogP contribution >= 0.6 is 0 Å². The predicted molar refractivity (Wildman–Crippen MR) is 110 cm³/mol. The van der Waals surface area contributed by atoms with Crippen molar-refractivity contribution in [3.8, 4) is 11.4 Å². The third kappa shape index (κ3) is 4.27. The first kappa shape index (κ1) is 20.2. The van der Waals surface area contributed by atoms with Crippen LogP contribution in [0.3, 0.4) is 0 Å². The van der Waals surface area contributed by atoms with Crippen LogP contribution in [-0.4, -0.2) is 41.9 Å². The summed E-state index contributed by atoms with van der Waals surface area (Å²) in [6, 6.07) is 13.8. The first-order chi connectivity index (χ1) is 14.4. The van der Waals surface area contributed by atoms with Crippen LogP contribution in [0.5, 0.6) is 0 Å². The van der Waals surface area contributed by atoms with Crippen molar-refractivity contribution in [3.05, 3.63) is 65.5 Å². The average Bonchev–Trinajstić information content (AvgIpc) is 3.45. The highest BCUT2D eigenvalue weighted by Crippen LogP contribution is 2.22. The lowest BCUT2D eigenvalue weighted by molar-refractivity contribution is 0.0946. The highest BCUT2D eigenvalue weighted by Gasteiger charge is 2.27. The Bertz CT molecular complexity index is 1170. The summed E-state index contributed by atoms with van der Waals surface area (Å²) in [6.07, 6.45) is 1.71. The van der Waals surface area contributed by atoms with E-state index in [9.17, 15) is 13.2 Å². The molecule has 0 radical (unpaired) electrons. The number of benzene rings is 2. The van der Waals surface area contributed by atoms with Gasteiger partial charge in [-0.05, 0) is 44.0 Å². The molecule has 4 rings (SSSR count). The summed E-state index contributed by atoms with van der Waals surface area (Å²) < 4.78 is 32.1. The van der Waals surface area contributed by atoms with Gasteiger partial charge in [-0.2, -0.15) is 9.29 Å². The lowest BCUT2D eigenvalue weighted by Crippen LogP contribution is -2.28. The molecule has 1 fully saturated rings. The molecule has 30 heavy (non-hydrogen) atoms. The van der Waals surface area contributed by atoms with E-state index in [-0.39, 0.29) is 22.9 Å². The van der Waals surface area contributed by atoms with E-state index < -0.39 is 15.9 Å². The lowest BCUT2D eigenvalue weighted by Gasteiger charge is -2.15. The number of carbonyl (C=O) groups excluding carboxylic acids is 1. The Morgan fingerprint density at radius 2 is 1.90 bits per heavy atom. The summed E-state index contributed by atoms with van der Waals surface area (Å²) in [7, 11) is -3.58. The molecule has 0 saturated carbocycles. The standard InChI is InChI=1S/C21H22N4O4S/c1-15-6-4-7-16(12-15)20-23-19(29-24-20)14-22-21(26)17-8-5-9-18(13-17)30(27,28)25-10-2-3-11-25/h4-9,12-13H,2-3,10-11,14H2,1H3,(H,22,26). The van der Waals surface area contributed by atoms with E-state index in [4.69, 9.17) is 4.52 Å². The van der Waals surface area contributed by atoms with E-state index in [2.05, 4.69) is 15.5 Å². The van der Waals surface area contributed by atoms with Crippen molar-refractivity contribution in [2.24, 2.45) is 0 Å². The molecule has 0 aliphatic carbocycles. The Kier molecular flexibility index (Phi) is 5.65. The van der Waals surface area contributed by atoms with E-state index in [0.29, 0.717) is 18.9 Å². The van der Waals surface area contributed by atoms with Crippen molar-refractivity contribution in [1.29, 1.82) is 0 Å². The Morgan fingerprint density at radius 3 is 2.67 bits per heavy atom. The second-order valence-corrected chi connectivity index (χ2v) is 9.14. The lowest BCUT2D eigenvalue weighted by atomic mass is 10.1. The van der Waals surface area contributed by atoms with Gasteiger partial charge in [-0.1, -0.05) is 35.0 Å². The number of sulfonamides is 1. The SMILES string of the molecule is Cc1cccc(-c2noc(CNC(=O)c3cccc(S(=O)(=O)N4CCCC4)c3)n2)c1. The van der Waals surface area contributed by atoms with Gasteiger partial charge in [-0.25, -0.2) is 8.42 Å². The summed E-state index contributed by atoms with van der Waals surface area (Å²) in [6.45, 7) is 3.04. The molecule has 0 atom stereocenters. The quantitative estimate of drug-likeness (QED) is 0.650. The van der Waals surface area contributed by atoms with E-state index in [1.165, 1.54) is 16.4 Å². The Balaban J connectivity index is 1.44. The van der Waals surface area contributed by atoms with Crippen LogP contribution < -0.4 is 5.32 Å². The summed E-state index contributed by atoms with van der Waals surface area (Å²) in [5.74, 6) is 0.297. The van der Waals surface area contributed by atoms with Crippen molar-refractivity contribution in [2.45, 2.75) is 31.2 Å². The van der Waals surface area contributed by atoms with Gasteiger partial charge in [0.1, 0.15) is 0 Å². The number of carbonyl (C=O) groups is 1. The van der Waals surface area contributed by atoms with Crippen LogP contribution in [0.2, 0.25) is 0 Å². The topological polar surface area (TPSA) is 105 Å². The first-order valence-electron chi connectivity index (χ1n) is 9.71. The molecular formula is C21H22N4O4S. The molecule has 2 heterocycles. The average molecular weight is 426 g/mol. The number of hydrogen-bond donors (Lipinski definition) is 1. The first-order valence-corrected chi connectivity index (χ1v) is 11.2. The van der Waals surface area contributed by atoms with Gasteiger partial charge in [0.15, 0.2) is 0 Å². The van der Waals surface area contributed by atoms with Crippen molar-refractivity contribution in [3.63, 3.8) is 0 Å². The molecule has 1 amide bonds. The van der Waals surface area contributed by atoms with E-state index in [1.54, 1.807) is 12.1 Å². The number of aromatic nitrogens is 2. The fourth-order valence-corrected chi connectivity index (χ4v) is 4.92. The highest BCUT2D eigenvalue weighted by atomic mass is 32.2. The fourth-order valence-electron chi connectivity index (χ4n) is 3.36. The van der Waals surface area contributed by atoms with E-state index >= 15 is 0 Å². The second-order valence-electron chi connectivity index (χ2n) is 7.20. The zero-order chi connectivity index (χ0) is 21.1. The molecule has 3 aromatic rings. The Morgan fingerprint density at radius 1 is 1.13 bits per heavy atom. The number of hydrogen-bond acceptors (Lipinski definition) is 6. The summed E-state index contributed by atoms with van der Waals surface area (Å²) in [5, 5.41) is 6.64. The zero-order valence-corrected chi connectivity index (χ0v) is 17.4. The molecule has 0 bridgehead atoms. The smallest absolute Gasteiger partial charge is 0.251 e. The fraction of sp³-hybridized carbons (Fsp3) is 0.286. The maximum Gasteiger partial charge on any atom is 0.251 e. The molecular weight excluding hydrogens is 404 g/mol. The molecule has 1 aliphatic heterocycles. The summed E-state index contributed by atoms with van der Waals surface area (Å²) in [5.41, 5.74) is 2.17. The summed E-state index contributed by atoms with van der Waals surface area (Å²) in [4.78, 5) is 17.0. The number of nitrogens with one attached hydrogen (secondary N) is 1. The Labute approximate surface area is 175 Å². The van der Waals surface area contributed by atoms with Crippen molar-refractivity contribution in [2.75, 3.05) is 13.1 Å². The van der Waals surface area contributed by atoms with Gasteiger partial charge in [-0.3, -0.25) is 4.79 Å². The largest absolute Gasteiger partial charge is 0.343 e. The monoisotopic (exact) mass is 426 g/mol. The van der Waals surface area contributed by atoms with Crippen LogP contribution in [0.4, 0.5) is 0 Å². The maximum absolute atomic E-state index is 12.7. The van der Waals surface area contributed by atoms with Crippen molar-refractivity contribution >= 4 is 15.9 Å². The van der Waals surface area contributed by atoms with Crippen LogP contribution in [0.25, 0.3) is 11.4 Å². The van der Waals surface area contributed by atoms with Gasteiger partial charge in [0, 0.05) is 24.2 Å². The molecule has 0 spiro atoms. The normalized spacial score (nSPS) is 14.7. The van der Waals surface area contributed by atoms with Crippen LogP contribution in [0.1, 0.15) is 34.7 Å². The van der Waals surface area contributed by atoms with Crippen molar-refractivity contribution in [1.82, 2.24) is 19.8 Å². The molecule has 1 aliphatic rings. The van der Waals surface area contributed by atoms with Gasteiger partial charge in [0.2, 0.25) is 21.7 Å². The third-order valence-electron chi connectivity index (χ3n) is 4.94. The number of amides is 1. The van der Waals surface area contributed by atoms with Gasteiger partial charge in [-0.15, -0.1) is 0 Å². The zero-order valence-electron chi connectivity index (χ0n) is 16.5. The predicted octanol–water partition coefficient (Wildman–Crippen LogP) is 2.76. The molecule has 9 heteroatoms. The molecule has 1 saturated heterocycles. The minimum Gasteiger partial charge on any atom is -0.343 e. The number of aryl methyl sites for hydroxylation is 1. The molecule has 1 aromatic heterocycles. The summed E-state index contributed by atoms with van der Waals surface area (Å²) >= 11 is 0. The van der Waals surface area contributed by atoms with Crippen LogP contribution in [0, 0.1) is 6.92 Å². The van der Waals surface area contributed by atoms with E-state index in [1.807, 2.05) is 31.2 Å². The Hall–Kier alpha value is -3.04. The van der Waals surface area contributed by atoms with Crippen LogP contribution in [-0.2, 0) is 16.6 Å². The van der Waals surface area contributed by atoms with Gasteiger partial charge in [0.05, 0.1) is 11.4 Å². The van der Waals surface area contributed by atoms with Gasteiger partial charge >= 0.3 is 0 Å². The molecule has 1 N–H and O–H groups in total. The maximum atomic E-state index is 12.7. The minimum absolute atomic E-state index is 0.0424. The van der Waals surface area contributed by atoms with E-state index in [0.717, 1.165) is 24.0 Å². The number of rotatable bonds is 6. The molecule has 156 valence electrons. The van der Waals surface area contributed by atoms with Crippen molar-refractivity contribution < 1.29 is 17.7 Å². The molecule has 2 aromatic carbocycles. The molecule has 0 unspecified atom stereocenters. The van der Waals surface area contributed by atoms with Gasteiger partial charge in [0.25, 0.3) is 5.91 Å². The highest BCUT2D eigenvalue weighted by molar-refractivity contribution is 7.89. The molecule has 8 nitrogen and oxygen atoms in total. The second kappa shape index (κ2) is 8.37. The third-order valence-corrected chi connectivity index (χ3v) is 6.84. The van der Waals surface area contributed by atoms with Crippen LogP contribution in [0.15, 0.2) is 57.9 Å².